The standard InChI is InChI=1S/C22H24N2O4S/c1-13-6-15(7-14(2)20(13)25)8-17(11-23)22(29)24-12-16-9-18(26-3)21(28-5)19(10-16)27-4/h6-10,25H,12H2,1-5H3,(H,24,29)/b17-8+. The maximum atomic E-state index is 9.91. The number of nitrogens with zero attached hydrogens (tertiary/aromatic N) is 1. The number of phenols is 1. The highest BCUT2D eigenvalue weighted by molar-refractivity contribution is 7.80. The largest absolute Gasteiger partial charge is 0.507 e. The van der Waals surface area contributed by atoms with Crippen molar-refractivity contribution < 1.29 is 19.3 Å². The first-order valence-corrected chi connectivity index (χ1v) is 9.24. The normalized spacial score (nSPS) is 10.8. The second kappa shape index (κ2) is 9.80. The fraction of sp³-hybridized carbons (Fsp3) is 0.273. The number of methoxy groups -OCH3 is 3. The summed E-state index contributed by atoms with van der Waals surface area (Å²) in [5, 5.41) is 22.5. The minimum Gasteiger partial charge on any atom is -0.507 e. The van der Waals surface area contributed by atoms with Crippen molar-refractivity contribution in [3.63, 3.8) is 0 Å². The van der Waals surface area contributed by atoms with Gasteiger partial charge in [0.25, 0.3) is 0 Å². The van der Waals surface area contributed by atoms with E-state index in [-0.39, 0.29) is 5.75 Å². The molecule has 2 rings (SSSR count). The van der Waals surface area contributed by atoms with Crippen LogP contribution < -0.4 is 19.5 Å². The maximum absolute atomic E-state index is 9.91. The molecule has 0 heterocycles. The topological polar surface area (TPSA) is 83.7 Å². The van der Waals surface area contributed by atoms with Crippen LogP contribution >= 0.6 is 12.2 Å². The monoisotopic (exact) mass is 412 g/mol. The third kappa shape index (κ3) is 5.18. The van der Waals surface area contributed by atoms with E-state index in [1.54, 1.807) is 27.4 Å². The summed E-state index contributed by atoms with van der Waals surface area (Å²) >= 11 is 5.40. The van der Waals surface area contributed by atoms with Gasteiger partial charge >= 0.3 is 0 Å². The van der Waals surface area contributed by atoms with Gasteiger partial charge in [0, 0.05) is 6.54 Å². The molecule has 2 aromatic rings. The third-order valence-electron chi connectivity index (χ3n) is 4.37. The Kier molecular flexibility index (Phi) is 7.46. The van der Waals surface area contributed by atoms with Gasteiger partial charge in [-0.05, 0) is 66.4 Å². The van der Waals surface area contributed by atoms with Crippen molar-refractivity contribution in [2.75, 3.05) is 21.3 Å². The van der Waals surface area contributed by atoms with Gasteiger partial charge in [-0.2, -0.15) is 5.26 Å². The van der Waals surface area contributed by atoms with Crippen LogP contribution in [0.1, 0.15) is 22.3 Å². The van der Waals surface area contributed by atoms with Crippen LogP contribution in [0.2, 0.25) is 0 Å². The molecule has 0 aromatic heterocycles. The van der Waals surface area contributed by atoms with Gasteiger partial charge < -0.3 is 24.6 Å². The van der Waals surface area contributed by atoms with Crippen molar-refractivity contribution in [3.8, 4) is 29.1 Å². The summed E-state index contributed by atoms with van der Waals surface area (Å²) in [6.07, 6.45) is 1.70. The molecule has 0 fully saturated rings. The molecule has 2 aromatic carbocycles. The summed E-state index contributed by atoms with van der Waals surface area (Å²) in [6, 6.07) is 9.38. The van der Waals surface area contributed by atoms with Gasteiger partial charge in [-0.1, -0.05) is 12.2 Å². The molecule has 0 amide bonds. The maximum Gasteiger partial charge on any atom is 0.203 e. The third-order valence-corrected chi connectivity index (χ3v) is 4.73. The van der Waals surface area contributed by atoms with E-state index in [4.69, 9.17) is 26.4 Å². The van der Waals surface area contributed by atoms with Crippen LogP contribution in [0.3, 0.4) is 0 Å². The average molecular weight is 413 g/mol. The van der Waals surface area contributed by atoms with Gasteiger partial charge in [-0.3, -0.25) is 0 Å². The number of hydrogen-bond donors (Lipinski definition) is 2. The predicted molar refractivity (Wildman–Crippen MR) is 117 cm³/mol. The highest BCUT2D eigenvalue weighted by Gasteiger charge is 2.14. The lowest BCUT2D eigenvalue weighted by Crippen LogP contribution is -2.22. The lowest BCUT2D eigenvalue weighted by Gasteiger charge is -2.15. The molecule has 0 bridgehead atoms. The quantitative estimate of drug-likeness (QED) is 0.403. The van der Waals surface area contributed by atoms with Crippen molar-refractivity contribution in [2.24, 2.45) is 0 Å². The summed E-state index contributed by atoms with van der Waals surface area (Å²) < 4.78 is 16.0. The number of aromatic hydroxyl groups is 1. The first-order chi connectivity index (χ1) is 13.8. The number of aryl methyl sites for hydroxylation is 2. The highest BCUT2D eigenvalue weighted by Crippen LogP contribution is 2.38. The number of benzene rings is 2. The molecule has 7 heteroatoms. The lowest BCUT2D eigenvalue weighted by molar-refractivity contribution is 0.323. The Hall–Kier alpha value is -3.24. The molecule has 0 radical (unpaired) electrons. The number of rotatable bonds is 7. The van der Waals surface area contributed by atoms with Crippen LogP contribution in [0.15, 0.2) is 29.8 Å². The minimum atomic E-state index is 0.253. The van der Waals surface area contributed by atoms with Crippen LogP contribution in [0.5, 0.6) is 23.0 Å². The van der Waals surface area contributed by atoms with Crippen molar-refractivity contribution >= 4 is 23.3 Å². The molecule has 0 aliphatic heterocycles. The van der Waals surface area contributed by atoms with Gasteiger partial charge in [0.05, 0.1) is 26.9 Å². The molecule has 0 saturated heterocycles. The molecule has 29 heavy (non-hydrogen) atoms. The molecule has 2 N–H and O–H groups in total. The molecular weight excluding hydrogens is 388 g/mol. The summed E-state index contributed by atoms with van der Waals surface area (Å²) in [7, 11) is 4.65. The molecule has 0 aliphatic carbocycles. The van der Waals surface area contributed by atoms with Gasteiger partial charge in [-0.25, -0.2) is 0 Å². The molecule has 0 atom stereocenters. The van der Waals surface area contributed by atoms with Crippen molar-refractivity contribution in [1.82, 2.24) is 5.32 Å². The minimum absolute atomic E-state index is 0.253. The SMILES string of the molecule is COc1cc(CNC(=S)/C(C#N)=C/c2cc(C)c(O)c(C)c2)cc(OC)c1OC. The highest BCUT2D eigenvalue weighted by atomic mass is 32.1. The van der Waals surface area contributed by atoms with Gasteiger partial charge in [-0.15, -0.1) is 0 Å². The zero-order valence-electron chi connectivity index (χ0n) is 17.1. The average Bonchev–Trinajstić information content (AvgIpc) is 2.72. The summed E-state index contributed by atoms with van der Waals surface area (Å²) in [5.41, 5.74) is 3.47. The number of hydrogen-bond acceptors (Lipinski definition) is 6. The van der Waals surface area contributed by atoms with E-state index in [1.165, 1.54) is 0 Å². The van der Waals surface area contributed by atoms with Crippen LogP contribution in [-0.2, 0) is 6.54 Å². The molecule has 0 saturated carbocycles. The summed E-state index contributed by atoms with van der Waals surface area (Å²) in [5.74, 6) is 1.85. The second-order valence-electron chi connectivity index (χ2n) is 6.39. The van der Waals surface area contributed by atoms with Crippen LogP contribution in [0.4, 0.5) is 0 Å². The van der Waals surface area contributed by atoms with Crippen LogP contribution in [-0.4, -0.2) is 31.4 Å². The fourth-order valence-electron chi connectivity index (χ4n) is 2.90. The number of nitrogens with one attached hydrogen (secondary N) is 1. The van der Waals surface area contributed by atoms with E-state index in [9.17, 15) is 10.4 Å². The molecule has 0 spiro atoms. The fourth-order valence-corrected chi connectivity index (χ4v) is 3.08. The second-order valence-corrected chi connectivity index (χ2v) is 6.80. The van der Waals surface area contributed by atoms with E-state index in [0.717, 1.165) is 22.3 Å². The summed E-state index contributed by atoms with van der Waals surface area (Å²) in [4.78, 5) is 0.324. The van der Waals surface area contributed by atoms with Gasteiger partial charge in [0.1, 0.15) is 16.8 Å². The van der Waals surface area contributed by atoms with E-state index in [0.29, 0.717) is 34.4 Å². The molecule has 0 aliphatic rings. The Morgan fingerprint density at radius 1 is 1.07 bits per heavy atom. The van der Waals surface area contributed by atoms with E-state index in [1.807, 2.05) is 38.1 Å². The zero-order valence-corrected chi connectivity index (χ0v) is 17.9. The number of ether oxygens (including phenoxy) is 3. The predicted octanol–water partition coefficient (Wildman–Crippen LogP) is 4.06. The first kappa shape index (κ1) is 22.1. The summed E-state index contributed by atoms with van der Waals surface area (Å²) in [6.45, 7) is 4.00. The number of thiocarbonyl (C=S) groups is 1. The number of phenolic OH excluding ortho intramolecular Hbond substituents is 1. The van der Waals surface area contributed by atoms with Gasteiger partial charge in [0.15, 0.2) is 11.5 Å². The molecule has 6 nitrogen and oxygen atoms in total. The Morgan fingerprint density at radius 3 is 2.07 bits per heavy atom. The van der Waals surface area contributed by atoms with Crippen molar-refractivity contribution in [1.29, 1.82) is 5.26 Å². The van der Waals surface area contributed by atoms with E-state index < -0.39 is 0 Å². The Balaban J connectivity index is 2.22. The lowest BCUT2D eigenvalue weighted by atomic mass is 10.0. The Morgan fingerprint density at radius 2 is 1.62 bits per heavy atom. The molecule has 0 unspecified atom stereocenters. The number of nitriles is 1. The molecule has 152 valence electrons. The first-order valence-electron chi connectivity index (χ1n) is 8.83. The van der Waals surface area contributed by atoms with Gasteiger partial charge in [0.2, 0.25) is 5.75 Å². The molecular formula is C22H24N2O4S. The van der Waals surface area contributed by atoms with Crippen molar-refractivity contribution in [2.45, 2.75) is 20.4 Å². The van der Waals surface area contributed by atoms with E-state index in [2.05, 4.69) is 11.4 Å². The Labute approximate surface area is 176 Å². The zero-order chi connectivity index (χ0) is 21.6. The van der Waals surface area contributed by atoms with Crippen molar-refractivity contribution in [3.05, 3.63) is 52.1 Å². The Bertz CT molecular complexity index is 945. The van der Waals surface area contributed by atoms with Crippen LogP contribution in [0, 0.1) is 25.2 Å². The van der Waals surface area contributed by atoms with Crippen LogP contribution in [0.25, 0.3) is 6.08 Å². The smallest absolute Gasteiger partial charge is 0.203 e. The van der Waals surface area contributed by atoms with E-state index >= 15 is 0 Å².